The number of nitrogens with zero attached hydrogens (tertiary/aromatic N) is 4. The smallest absolute Gasteiger partial charge is 0.257 e. The molecule has 150 valence electrons. The number of sulfone groups is 1. The molecule has 0 spiro atoms. The molecule has 7 nitrogen and oxygen atoms in total. The lowest BCUT2D eigenvalue weighted by molar-refractivity contribution is 0.0748. The fourth-order valence-corrected chi connectivity index (χ4v) is 5.36. The summed E-state index contributed by atoms with van der Waals surface area (Å²) in [4.78, 5) is 18.9. The molecule has 1 amide bonds. The third-order valence-electron chi connectivity index (χ3n) is 5.19. The van der Waals surface area contributed by atoms with E-state index in [1.54, 1.807) is 36.4 Å². The lowest BCUT2D eigenvalue weighted by atomic mass is 10.1. The van der Waals surface area contributed by atoms with Crippen LogP contribution in [0.15, 0.2) is 61.1 Å². The number of rotatable bonds is 5. The van der Waals surface area contributed by atoms with Crippen molar-refractivity contribution in [2.45, 2.75) is 19.0 Å². The maximum atomic E-state index is 13.3. The highest BCUT2D eigenvalue weighted by atomic mass is 32.2. The molecule has 0 N–H and O–H groups in total. The van der Waals surface area contributed by atoms with Gasteiger partial charge in [-0.2, -0.15) is 5.10 Å². The highest BCUT2D eigenvalue weighted by Crippen LogP contribution is 2.25. The van der Waals surface area contributed by atoms with Crippen molar-refractivity contribution < 1.29 is 13.2 Å². The van der Waals surface area contributed by atoms with E-state index in [-0.39, 0.29) is 23.5 Å². The fraction of sp³-hybridized carbons (Fsp3) is 0.286. The van der Waals surface area contributed by atoms with Gasteiger partial charge >= 0.3 is 0 Å². The van der Waals surface area contributed by atoms with Gasteiger partial charge < -0.3 is 4.90 Å². The van der Waals surface area contributed by atoms with E-state index in [4.69, 9.17) is 0 Å². The molecular formula is C21H22N4O3S. The highest BCUT2D eigenvalue weighted by molar-refractivity contribution is 7.91. The minimum Gasteiger partial charge on any atom is -0.338 e. The average molecular weight is 410 g/mol. The number of hydrogen-bond donors (Lipinski definition) is 0. The molecule has 0 radical (unpaired) electrons. The topological polar surface area (TPSA) is 85.2 Å². The summed E-state index contributed by atoms with van der Waals surface area (Å²) in [5.74, 6) is -0.0987. The summed E-state index contributed by atoms with van der Waals surface area (Å²) in [6.07, 6.45) is 5.54. The van der Waals surface area contributed by atoms with Crippen LogP contribution in [0.1, 0.15) is 22.3 Å². The van der Waals surface area contributed by atoms with Gasteiger partial charge in [0.2, 0.25) is 0 Å². The van der Waals surface area contributed by atoms with E-state index in [0.29, 0.717) is 24.2 Å². The summed E-state index contributed by atoms with van der Waals surface area (Å²) in [7, 11) is -1.42. The Morgan fingerprint density at radius 2 is 2.00 bits per heavy atom. The van der Waals surface area contributed by atoms with Gasteiger partial charge in [-0.15, -0.1) is 0 Å². The standard InChI is InChI=1S/C21H22N4O3S/c1-24(18-9-11-29(27,28)15-18)21(26)19-14-25(13-16-6-3-2-4-7-16)23-20(19)17-8-5-10-22-12-17/h2-8,10,12,14,18H,9,11,13,15H2,1H3/t18-/m1/s1. The third kappa shape index (κ3) is 4.22. The molecule has 3 aromatic rings. The number of benzene rings is 1. The molecule has 29 heavy (non-hydrogen) atoms. The zero-order valence-corrected chi connectivity index (χ0v) is 16.9. The number of carbonyl (C=O) groups is 1. The molecule has 1 aliphatic heterocycles. The van der Waals surface area contributed by atoms with Crippen LogP contribution in [-0.4, -0.2) is 58.6 Å². The van der Waals surface area contributed by atoms with Crippen LogP contribution in [0.2, 0.25) is 0 Å². The first-order chi connectivity index (χ1) is 13.9. The monoisotopic (exact) mass is 410 g/mol. The molecular weight excluding hydrogens is 388 g/mol. The predicted molar refractivity (Wildman–Crippen MR) is 110 cm³/mol. The van der Waals surface area contributed by atoms with Crippen LogP contribution >= 0.6 is 0 Å². The summed E-state index contributed by atoms with van der Waals surface area (Å²) >= 11 is 0. The maximum absolute atomic E-state index is 13.3. The van der Waals surface area contributed by atoms with Crippen LogP contribution in [0.4, 0.5) is 0 Å². The molecule has 0 aliphatic carbocycles. The lowest BCUT2D eigenvalue weighted by Crippen LogP contribution is -2.37. The van der Waals surface area contributed by atoms with Crippen molar-refractivity contribution in [2.75, 3.05) is 18.6 Å². The Morgan fingerprint density at radius 3 is 2.66 bits per heavy atom. The lowest BCUT2D eigenvalue weighted by Gasteiger charge is -2.23. The van der Waals surface area contributed by atoms with Crippen LogP contribution in [-0.2, 0) is 16.4 Å². The first-order valence-corrected chi connectivity index (χ1v) is 11.2. The number of carbonyl (C=O) groups excluding carboxylic acids is 1. The number of amides is 1. The zero-order chi connectivity index (χ0) is 20.4. The Kier molecular flexibility index (Phi) is 5.19. The quantitative estimate of drug-likeness (QED) is 0.644. The predicted octanol–water partition coefficient (Wildman–Crippen LogP) is 2.25. The molecule has 3 heterocycles. The van der Waals surface area contributed by atoms with Crippen LogP contribution in [0.25, 0.3) is 11.3 Å². The van der Waals surface area contributed by atoms with Gasteiger partial charge in [0.05, 0.1) is 23.6 Å². The van der Waals surface area contributed by atoms with E-state index in [0.717, 1.165) is 11.1 Å². The number of pyridine rings is 1. The van der Waals surface area contributed by atoms with Crippen molar-refractivity contribution in [1.29, 1.82) is 0 Å². The van der Waals surface area contributed by atoms with Crippen LogP contribution < -0.4 is 0 Å². The van der Waals surface area contributed by atoms with Crippen molar-refractivity contribution in [3.8, 4) is 11.3 Å². The SMILES string of the molecule is CN(C(=O)c1cn(Cc2ccccc2)nc1-c1cccnc1)[C@@H]1CCS(=O)(=O)C1. The van der Waals surface area contributed by atoms with E-state index >= 15 is 0 Å². The first kappa shape index (κ1) is 19.3. The number of aromatic nitrogens is 3. The van der Waals surface area contributed by atoms with Crippen molar-refractivity contribution in [2.24, 2.45) is 0 Å². The Morgan fingerprint density at radius 1 is 1.21 bits per heavy atom. The molecule has 1 aliphatic rings. The van der Waals surface area contributed by atoms with Gasteiger partial charge in [-0.25, -0.2) is 8.42 Å². The Hall–Kier alpha value is -3.00. The third-order valence-corrected chi connectivity index (χ3v) is 6.94. The molecule has 0 bridgehead atoms. The zero-order valence-electron chi connectivity index (χ0n) is 16.1. The van der Waals surface area contributed by atoms with Crippen molar-refractivity contribution in [1.82, 2.24) is 19.7 Å². The largest absolute Gasteiger partial charge is 0.338 e. The second-order valence-electron chi connectivity index (χ2n) is 7.29. The van der Waals surface area contributed by atoms with Crippen molar-refractivity contribution >= 4 is 15.7 Å². The number of hydrogen-bond acceptors (Lipinski definition) is 5. The van der Waals surface area contributed by atoms with Crippen LogP contribution in [0.3, 0.4) is 0 Å². The second kappa shape index (κ2) is 7.79. The molecule has 1 atom stereocenters. The highest BCUT2D eigenvalue weighted by Gasteiger charge is 2.34. The summed E-state index contributed by atoms with van der Waals surface area (Å²) in [6.45, 7) is 0.531. The molecule has 1 saturated heterocycles. The molecule has 0 unspecified atom stereocenters. The minimum absolute atomic E-state index is 0.00954. The van der Waals surface area contributed by atoms with E-state index in [2.05, 4.69) is 10.1 Å². The normalized spacial score (nSPS) is 17.9. The van der Waals surface area contributed by atoms with E-state index in [1.807, 2.05) is 36.4 Å². The average Bonchev–Trinajstić information content (AvgIpc) is 3.31. The summed E-state index contributed by atoms with van der Waals surface area (Å²) in [5, 5.41) is 4.65. The second-order valence-corrected chi connectivity index (χ2v) is 9.52. The van der Waals surface area contributed by atoms with Crippen molar-refractivity contribution in [3.05, 3.63) is 72.2 Å². The van der Waals surface area contributed by atoms with E-state index in [9.17, 15) is 13.2 Å². The van der Waals surface area contributed by atoms with Gasteiger partial charge in [0.25, 0.3) is 5.91 Å². The van der Waals surface area contributed by atoms with Crippen LogP contribution in [0, 0.1) is 0 Å². The molecule has 1 fully saturated rings. The molecule has 2 aromatic heterocycles. The van der Waals surface area contributed by atoms with Gasteiger partial charge in [-0.05, 0) is 24.1 Å². The maximum Gasteiger partial charge on any atom is 0.257 e. The van der Waals surface area contributed by atoms with Crippen molar-refractivity contribution in [3.63, 3.8) is 0 Å². The van der Waals surface area contributed by atoms with E-state index in [1.165, 1.54) is 4.90 Å². The fourth-order valence-electron chi connectivity index (χ4n) is 3.58. The molecule has 4 rings (SSSR count). The van der Waals surface area contributed by atoms with Gasteiger partial charge in [0.1, 0.15) is 5.69 Å². The Balaban J connectivity index is 1.68. The van der Waals surface area contributed by atoms with Gasteiger partial charge in [0.15, 0.2) is 9.84 Å². The Bertz CT molecular complexity index is 1110. The van der Waals surface area contributed by atoms with Gasteiger partial charge in [-0.1, -0.05) is 30.3 Å². The summed E-state index contributed by atoms with van der Waals surface area (Å²) in [6, 6.07) is 13.2. The molecule has 0 saturated carbocycles. The first-order valence-electron chi connectivity index (χ1n) is 9.42. The van der Waals surface area contributed by atoms with Gasteiger partial charge in [-0.3, -0.25) is 14.5 Å². The minimum atomic E-state index is -3.08. The summed E-state index contributed by atoms with van der Waals surface area (Å²) < 4.78 is 25.4. The summed E-state index contributed by atoms with van der Waals surface area (Å²) in [5.41, 5.74) is 2.81. The molecule has 8 heteroatoms. The van der Waals surface area contributed by atoms with Gasteiger partial charge in [0, 0.05) is 37.2 Å². The Labute approximate surface area is 169 Å². The van der Waals surface area contributed by atoms with E-state index < -0.39 is 9.84 Å². The van der Waals surface area contributed by atoms with Crippen LogP contribution in [0.5, 0.6) is 0 Å². The molecule has 1 aromatic carbocycles.